The number of aromatic amines is 2. The summed E-state index contributed by atoms with van der Waals surface area (Å²) in [6.45, 7) is 4.79. The van der Waals surface area contributed by atoms with Crippen LogP contribution in [0.5, 0.6) is 5.75 Å². The fourth-order valence-electron chi connectivity index (χ4n) is 4.88. The summed E-state index contributed by atoms with van der Waals surface area (Å²) >= 11 is 0. The zero-order chi connectivity index (χ0) is 28.2. The number of methoxy groups -OCH3 is 1. The number of anilines is 1. The summed E-state index contributed by atoms with van der Waals surface area (Å²) in [6, 6.07) is 9.91. The number of nitrogens with two attached hydrogens (primary N) is 1. The zero-order valence-electron chi connectivity index (χ0n) is 22.7. The summed E-state index contributed by atoms with van der Waals surface area (Å²) < 4.78 is 11.5. The second-order valence-electron chi connectivity index (χ2n) is 9.75. The fourth-order valence-corrected chi connectivity index (χ4v) is 4.88. The SMILES string of the molecule is COc1c[nH+]c(N/C=C\N)c2[nH]cc(C(=O)C(=O)N3CCC(=C(c4ccccc4)c4nnc(C(C)C)o4)CC3)c12. The number of carbonyl (C=O) groups is 2. The van der Waals surface area contributed by atoms with Crippen LogP contribution in [0.4, 0.5) is 5.82 Å². The van der Waals surface area contributed by atoms with Crippen LogP contribution in [0, 0.1) is 0 Å². The van der Waals surface area contributed by atoms with E-state index in [1.54, 1.807) is 17.3 Å². The lowest BCUT2D eigenvalue weighted by molar-refractivity contribution is -0.360. The van der Waals surface area contributed by atoms with Crippen LogP contribution in [-0.2, 0) is 4.79 Å². The van der Waals surface area contributed by atoms with Gasteiger partial charge in [-0.25, -0.2) is 10.3 Å². The van der Waals surface area contributed by atoms with Crippen molar-refractivity contribution in [2.45, 2.75) is 32.6 Å². The average Bonchev–Trinajstić information content (AvgIpc) is 3.65. The van der Waals surface area contributed by atoms with Crippen LogP contribution in [0.1, 0.15) is 60.3 Å². The molecule has 1 aliphatic heterocycles. The number of ether oxygens (including phenoxy) is 1. The average molecular weight is 543 g/mol. The van der Waals surface area contributed by atoms with Gasteiger partial charge in [0.2, 0.25) is 11.8 Å². The number of nitrogens with one attached hydrogen (secondary N) is 3. The van der Waals surface area contributed by atoms with E-state index >= 15 is 0 Å². The topological polar surface area (TPSA) is 154 Å². The highest BCUT2D eigenvalue weighted by atomic mass is 16.5. The summed E-state index contributed by atoms with van der Waals surface area (Å²) in [6.07, 6.45) is 7.21. The summed E-state index contributed by atoms with van der Waals surface area (Å²) in [7, 11) is 1.51. The number of amides is 1. The van der Waals surface area contributed by atoms with Crippen LogP contribution in [0.2, 0.25) is 0 Å². The lowest BCUT2D eigenvalue weighted by Gasteiger charge is -2.29. The first-order valence-corrected chi connectivity index (χ1v) is 13.1. The quantitative estimate of drug-likeness (QED) is 0.225. The molecule has 4 aromatic rings. The van der Waals surface area contributed by atoms with Crippen molar-refractivity contribution in [3.8, 4) is 5.75 Å². The molecular weight excluding hydrogens is 510 g/mol. The lowest BCUT2D eigenvalue weighted by Crippen LogP contribution is -2.40. The normalized spacial score (nSPS) is 13.8. The van der Waals surface area contributed by atoms with E-state index in [0.717, 1.165) is 16.7 Å². The van der Waals surface area contributed by atoms with Gasteiger partial charge in [-0.1, -0.05) is 49.8 Å². The Kier molecular flexibility index (Phi) is 7.63. The Morgan fingerprint density at radius 2 is 1.95 bits per heavy atom. The van der Waals surface area contributed by atoms with Crippen molar-refractivity contribution in [1.82, 2.24) is 20.1 Å². The first-order chi connectivity index (χ1) is 19.4. The monoisotopic (exact) mass is 542 g/mol. The Bertz CT molecular complexity index is 1590. The summed E-state index contributed by atoms with van der Waals surface area (Å²) in [5.74, 6) is 0.998. The van der Waals surface area contributed by atoms with Gasteiger partial charge >= 0.3 is 5.82 Å². The molecule has 206 valence electrons. The second kappa shape index (κ2) is 11.4. The first kappa shape index (κ1) is 26.7. The third-order valence-corrected chi connectivity index (χ3v) is 6.93. The molecule has 0 unspecified atom stereocenters. The minimum Gasteiger partial charge on any atom is -0.492 e. The molecule has 1 saturated heterocycles. The van der Waals surface area contributed by atoms with E-state index < -0.39 is 11.7 Å². The van der Waals surface area contributed by atoms with Crippen LogP contribution in [-0.4, -0.2) is 52.0 Å². The predicted octanol–water partition coefficient (Wildman–Crippen LogP) is 3.65. The second-order valence-corrected chi connectivity index (χ2v) is 9.75. The molecule has 0 saturated carbocycles. The van der Waals surface area contributed by atoms with Crippen molar-refractivity contribution in [3.05, 3.63) is 83.6 Å². The maximum Gasteiger partial charge on any atom is 0.301 e. The highest BCUT2D eigenvalue weighted by Crippen LogP contribution is 2.34. The van der Waals surface area contributed by atoms with E-state index in [0.29, 0.717) is 60.2 Å². The van der Waals surface area contributed by atoms with Gasteiger partial charge in [-0.05, 0) is 18.4 Å². The Morgan fingerprint density at radius 3 is 2.60 bits per heavy atom. The number of piperidine rings is 1. The van der Waals surface area contributed by atoms with Gasteiger partial charge in [0.1, 0.15) is 17.9 Å². The first-order valence-electron chi connectivity index (χ1n) is 13.1. The molecule has 0 aliphatic carbocycles. The molecule has 0 spiro atoms. The highest BCUT2D eigenvalue weighted by Gasteiger charge is 2.31. The molecule has 0 bridgehead atoms. The van der Waals surface area contributed by atoms with Crippen LogP contribution in [0.3, 0.4) is 0 Å². The molecule has 11 heteroatoms. The van der Waals surface area contributed by atoms with E-state index in [1.165, 1.54) is 19.5 Å². The molecule has 1 aromatic carbocycles. The molecule has 3 aromatic heterocycles. The Morgan fingerprint density at radius 1 is 1.20 bits per heavy atom. The summed E-state index contributed by atoms with van der Waals surface area (Å²) in [5, 5.41) is 12.1. The van der Waals surface area contributed by atoms with E-state index in [-0.39, 0.29) is 11.5 Å². The number of fused-ring (bicyclic) bond motifs is 1. The van der Waals surface area contributed by atoms with Crippen LogP contribution in [0.25, 0.3) is 16.5 Å². The van der Waals surface area contributed by atoms with Gasteiger partial charge in [-0.3, -0.25) is 9.59 Å². The number of aromatic nitrogens is 4. The van der Waals surface area contributed by atoms with Gasteiger partial charge in [0, 0.05) is 37.0 Å². The van der Waals surface area contributed by atoms with Crippen molar-refractivity contribution < 1.29 is 23.7 Å². The molecule has 1 fully saturated rings. The number of benzene rings is 1. The van der Waals surface area contributed by atoms with Crippen molar-refractivity contribution in [1.29, 1.82) is 0 Å². The zero-order valence-corrected chi connectivity index (χ0v) is 22.7. The number of ketones is 1. The van der Waals surface area contributed by atoms with Crippen molar-refractivity contribution in [3.63, 3.8) is 0 Å². The van der Waals surface area contributed by atoms with Gasteiger partial charge < -0.3 is 24.8 Å². The maximum atomic E-state index is 13.5. The smallest absolute Gasteiger partial charge is 0.301 e. The molecule has 1 aliphatic rings. The van der Waals surface area contributed by atoms with Crippen molar-refractivity contribution >= 4 is 34.0 Å². The predicted molar refractivity (Wildman–Crippen MR) is 149 cm³/mol. The Hall–Kier alpha value is -4.93. The molecule has 1 amide bonds. The third kappa shape index (κ3) is 5.05. The number of rotatable bonds is 8. The minimum absolute atomic E-state index is 0.110. The summed E-state index contributed by atoms with van der Waals surface area (Å²) in [5.41, 5.74) is 9.25. The molecule has 0 radical (unpaired) electrons. The maximum absolute atomic E-state index is 13.5. The van der Waals surface area contributed by atoms with Gasteiger partial charge in [0.25, 0.3) is 11.7 Å². The largest absolute Gasteiger partial charge is 0.492 e. The van der Waals surface area contributed by atoms with Gasteiger partial charge in [0.15, 0.2) is 5.75 Å². The van der Waals surface area contributed by atoms with Crippen LogP contribution >= 0.6 is 0 Å². The highest BCUT2D eigenvalue weighted by molar-refractivity contribution is 6.45. The molecule has 4 heterocycles. The van der Waals surface area contributed by atoms with E-state index in [4.69, 9.17) is 14.9 Å². The minimum atomic E-state index is -0.606. The Balaban J connectivity index is 1.40. The number of likely N-dealkylation sites (tertiary alicyclic amines) is 1. The molecule has 40 heavy (non-hydrogen) atoms. The number of H-pyrrole nitrogens is 2. The van der Waals surface area contributed by atoms with Crippen molar-refractivity contribution in [2.24, 2.45) is 5.73 Å². The lowest BCUT2D eigenvalue weighted by atomic mass is 9.92. The van der Waals surface area contributed by atoms with Gasteiger partial charge in [-0.2, -0.15) is 0 Å². The summed E-state index contributed by atoms with van der Waals surface area (Å²) in [4.78, 5) is 34.6. The number of nitrogens with zero attached hydrogens (tertiary/aromatic N) is 3. The van der Waals surface area contributed by atoms with Gasteiger partial charge in [-0.15, -0.1) is 10.2 Å². The van der Waals surface area contributed by atoms with Crippen LogP contribution in [0.15, 0.2) is 65.1 Å². The molecule has 11 nitrogen and oxygen atoms in total. The third-order valence-electron chi connectivity index (χ3n) is 6.93. The number of pyridine rings is 1. The molecule has 5 N–H and O–H groups in total. The van der Waals surface area contributed by atoms with E-state index in [9.17, 15) is 9.59 Å². The molecule has 5 rings (SSSR count). The molecule has 0 atom stereocenters. The number of Topliss-reactive ketones (excluding diaryl/α,β-unsaturated/α-hetero) is 1. The number of carbonyl (C=O) groups excluding carboxylic acids is 2. The van der Waals surface area contributed by atoms with Gasteiger partial charge in [0.05, 0.1) is 18.1 Å². The number of hydrogen-bond acceptors (Lipinski definition) is 8. The fraction of sp³-hybridized carbons (Fsp3) is 0.276. The Labute approximate surface area is 231 Å². The number of hydrogen-bond donors (Lipinski definition) is 3. The molecular formula is C29H32N7O4+. The van der Waals surface area contributed by atoms with E-state index in [1.807, 2.05) is 44.2 Å². The standard InChI is InChI=1S/C29H31N7O4/c1-17(2)27-34-35-28(40-27)22(18-7-5-4-6-8-18)19-9-13-36(14-10-19)29(38)25(37)20-15-32-24-23(20)21(39-3)16-33-26(24)31-12-11-30/h4-8,11-12,15-17,32H,9-10,13-14,30H2,1-3H3,(H,31,33)/p+1/b12-11-. The van der Waals surface area contributed by atoms with E-state index in [2.05, 4.69) is 25.5 Å². The van der Waals surface area contributed by atoms with Crippen molar-refractivity contribution in [2.75, 3.05) is 25.5 Å². The van der Waals surface area contributed by atoms with Crippen LogP contribution < -0.4 is 20.8 Å².